The fourth-order valence-electron chi connectivity index (χ4n) is 2.41. The fraction of sp³-hybridized carbons (Fsp3) is 0.100. The Morgan fingerprint density at radius 1 is 1.00 bits per heavy atom. The molecule has 6 heteroatoms. The van der Waals surface area contributed by atoms with Crippen LogP contribution in [0.1, 0.15) is 21.7 Å². The maximum Gasteiger partial charge on any atom is 0.291 e. The van der Waals surface area contributed by atoms with E-state index in [9.17, 15) is 9.59 Å². The third-order valence-corrected chi connectivity index (χ3v) is 3.97. The second kappa shape index (κ2) is 7.89. The lowest BCUT2D eigenvalue weighted by Gasteiger charge is -2.12. The highest BCUT2D eigenvalue weighted by atomic mass is 35.5. The number of carbonyl (C=O) groups excluding carboxylic acids is 2. The molecule has 0 unspecified atom stereocenters. The van der Waals surface area contributed by atoms with Gasteiger partial charge in [0.15, 0.2) is 5.76 Å². The number of hydrogen-bond donors (Lipinski definition) is 2. The van der Waals surface area contributed by atoms with Crippen LogP contribution in [0.25, 0.3) is 0 Å². The van der Waals surface area contributed by atoms with Gasteiger partial charge < -0.3 is 15.1 Å². The first-order valence-electron chi connectivity index (χ1n) is 8.01. The van der Waals surface area contributed by atoms with Crippen LogP contribution in [0.3, 0.4) is 0 Å². The topological polar surface area (TPSA) is 71.3 Å². The summed E-state index contributed by atoms with van der Waals surface area (Å²) in [6.07, 6.45) is 1.64. The van der Waals surface area contributed by atoms with E-state index in [-0.39, 0.29) is 18.1 Å². The summed E-state index contributed by atoms with van der Waals surface area (Å²) >= 11 is 6.02. The molecule has 0 saturated heterocycles. The molecular weight excluding hydrogens is 352 g/mol. The van der Waals surface area contributed by atoms with Crippen LogP contribution in [0.4, 0.5) is 11.4 Å². The number of nitrogens with one attached hydrogen (secondary N) is 2. The van der Waals surface area contributed by atoms with E-state index in [0.717, 1.165) is 11.1 Å². The van der Waals surface area contributed by atoms with Crippen molar-refractivity contribution >= 4 is 34.8 Å². The predicted octanol–water partition coefficient (Wildman–Crippen LogP) is 4.67. The SMILES string of the molecule is Cc1ccc(CC(=O)Nc2ccc(Cl)cc2NC(=O)c2ccco2)cc1. The van der Waals surface area contributed by atoms with Gasteiger partial charge in [-0.2, -0.15) is 0 Å². The van der Waals surface area contributed by atoms with Gasteiger partial charge in [-0.05, 0) is 42.8 Å². The Hall–Kier alpha value is -3.05. The molecule has 1 aromatic heterocycles. The van der Waals surface area contributed by atoms with Crippen molar-refractivity contribution in [1.82, 2.24) is 0 Å². The third kappa shape index (κ3) is 4.52. The van der Waals surface area contributed by atoms with Crippen molar-refractivity contribution in [2.24, 2.45) is 0 Å². The molecule has 0 spiro atoms. The molecule has 0 bridgehead atoms. The largest absolute Gasteiger partial charge is 0.459 e. The van der Waals surface area contributed by atoms with Crippen LogP contribution in [-0.2, 0) is 11.2 Å². The van der Waals surface area contributed by atoms with E-state index in [1.54, 1.807) is 30.3 Å². The van der Waals surface area contributed by atoms with Crippen LogP contribution in [0.5, 0.6) is 0 Å². The Balaban J connectivity index is 1.73. The van der Waals surface area contributed by atoms with Gasteiger partial charge in [0.1, 0.15) is 0 Å². The summed E-state index contributed by atoms with van der Waals surface area (Å²) in [6.45, 7) is 1.99. The Morgan fingerprint density at radius 3 is 2.46 bits per heavy atom. The maximum atomic E-state index is 12.3. The molecule has 0 aliphatic carbocycles. The molecule has 2 aromatic carbocycles. The number of rotatable bonds is 5. The highest BCUT2D eigenvalue weighted by Gasteiger charge is 2.14. The predicted molar refractivity (Wildman–Crippen MR) is 102 cm³/mol. The van der Waals surface area contributed by atoms with Crippen LogP contribution in [0.15, 0.2) is 65.3 Å². The molecule has 2 N–H and O–H groups in total. The average Bonchev–Trinajstić information content (AvgIpc) is 3.14. The Kier molecular flexibility index (Phi) is 5.39. The van der Waals surface area contributed by atoms with Gasteiger partial charge in [0.25, 0.3) is 5.91 Å². The summed E-state index contributed by atoms with van der Waals surface area (Å²) in [5, 5.41) is 5.95. The van der Waals surface area contributed by atoms with Crippen molar-refractivity contribution in [3.8, 4) is 0 Å². The Morgan fingerprint density at radius 2 is 1.77 bits per heavy atom. The van der Waals surface area contributed by atoms with Crippen molar-refractivity contribution in [3.63, 3.8) is 0 Å². The lowest BCUT2D eigenvalue weighted by atomic mass is 10.1. The molecule has 3 aromatic rings. The highest BCUT2D eigenvalue weighted by molar-refractivity contribution is 6.31. The van der Waals surface area contributed by atoms with Crippen LogP contribution < -0.4 is 10.6 Å². The molecule has 0 fully saturated rings. The summed E-state index contributed by atoms with van der Waals surface area (Å²) < 4.78 is 5.07. The number of amides is 2. The van der Waals surface area contributed by atoms with E-state index in [1.807, 2.05) is 31.2 Å². The molecule has 132 valence electrons. The second-order valence-corrected chi connectivity index (χ2v) is 6.27. The molecule has 0 atom stereocenters. The minimum Gasteiger partial charge on any atom is -0.459 e. The Labute approximate surface area is 156 Å². The molecule has 3 rings (SSSR count). The number of aryl methyl sites for hydroxylation is 1. The molecule has 0 aliphatic rings. The van der Waals surface area contributed by atoms with Crippen molar-refractivity contribution in [2.45, 2.75) is 13.3 Å². The van der Waals surface area contributed by atoms with Gasteiger partial charge >= 0.3 is 0 Å². The van der Waals surface area contributed by atoms with Crippen molar-refractivity contribution < 1.29 is 14.0 Å². The van der Waals surface area contributed by atoms with E-state index >= 15 is 0 Å². The number of furan rings is 1. The van der Waals surface area contributed by atoms with Gasteiger partial charge in [0, 0.05) is 5.02 Å². The van der Waals surface area contributed by atoms with Gasteiger partial charge in [-0.15, -0.1) is 0 Å². The van der Waals surface area contributed by atoms with E-state index in [2.05, 4.69) is 10.6 Å². The minimum atomic E-state index is -0.425. The molecule has 0 aliphatic heterocycles. The first kappa shape index (κ1) is 17.8. The number of anilines is 2. The number of halogens is 1. The molecule has 26 heavy (non-hydrogen) atoms. The summed E-state index contributed by atoms with van der Waals surface area (Å²) in [5.74, 6) is -0.446. The van der Waals surface area contributed by atoms with Gasteiger partial charge in [-0.3, -0.25) is 9.59 Å². The van der Waals surface area contributed by atoms with E-state index in [1.165, 1.54) is 6.26 Å². The summed E-state index contributed by atoms with van der Waals surface area (Å²) in [4.78, 5) is 24.5. The van der Waals surface area contributed by atoms with E-state index in [0.29, 0.717) is 16.4 Å². The number of benzene rings is 2. The van der Waals surface area contributed by atoms with Gasteiger partial charge in [-0.25, -0.2) is 0 Å². The van der Waals surface area contributed by atoms with Crippen molar-refractivity contribution in [3.05, 3.63) is 82.8 Å². The van der Waals surface area contributed by atoms with Crippen molar-refractivity contribution in [2.75, 3.05) is 10.6 Å². The molecule has 0 saturated carbocycles. The van der Waals surface area contributed by atoms with Crippen LogP contribution in [-0.4, -0.2) is 11.8 Å². The van der Waals surface area contributed by atoms with Gasteiger partial charge in [0.05, 0.1) is 24.1 Å². The lowest BCUT2D eigenvalue weighted by Crippen LogP contribution is -2.17. The van der Waals surface area contributed by atoms with Gasteiger partial charge in [-0.1, -0.05) is 41.4 Å². The smallest absolute Gasteiger partial charge is 0.291 e. The van der Waals surface area contributed by atoms with Crippen LogP contribution in [0, 0.1) is 6.92 Å². The molecule has 0 radical (unpaired) electrons. The number of hydrogen-bond acceptors (Lipinski definition) is 3. The average molecular weight is 369 g/mol. The number of carbonyl (C=O) groups is 2. The van der Waals surface area contributed by atoms with Crippen molar-refractivity contribution in [1.29, 1.82) is 0 Å². The highest BCUT2D eigenvalue weighted by Crippen LogP contribution is 2.26. The monoisotopic (exact) mass is 368 g/mol. The normalized spacial score (nSPS) is 10.4. The summed E-state index contributed by atoms with van der Waals surface area (Å²) in [7, 11) is 0. The summed E-state index contributed by atoms with van der Waals surface area (Å²) in [6, 6.07) is 15.8. The van der Waals surface area contributed by atoms with E-state index < -0.39 is 5.91 Å². The molecular formula is C20H17ClN2O3. The van der Waals surface area contributed by atoms with Crippen LogP contribution in [0.2, 0.25) is 5.02 Å². The molecule has 1 heterocycles. The molecule has 2 amide bonds. The Bertz CT molecular complexity index is 919. The summed E-state index contributed by atoms with van der Waals surface area (Å²) in [5.41, 5.74) is 2.90. The minimum absolute atomic E-state index is 0.168. The second-order valence-electron chi connectivity index (χ2n) is 5.83. The first-order chi connectivity index (χ1) is 12.5. The zero-order chi connectivity index (χ0) is 18.5. The zero-order valence-electron chi connectivity index (χ0n) is 14.1. The standard InChI is InChI=1S/C20H17ClN2O3/c1-13-4-6-14(7-5-13)11-19(24)22-16-9-8-15(21)12-17(16)23-20(25)18-3-2-10-26-18/h2-10,12H,11H2,1H3,(H,22,24)(H,23,25). The van der Waals surface area contributed by atoms with E-state index in [4.69, 9.17) is 16.0 Å². The quantitative estimate of drug-likeness (QED) is 0.687. The third-order valence-electron chi connectivity index (χ3n) is 3.73. The maximum absolute atomic E-state index is 12.3. The fourth-order valence-corrected chi connectivity index (χ4v) is 2.58. The first-order valence-corrected chi connectivity index (χ1v) is 8.39. The zero-order valence-corrected chi connectivity index (χ0v) is 14.8. The van der Waals surface area contributed by atoms with Crippen LogP contribution >= 0.6 is 11.6 Å². The molecule has 5 nitrogen and oxygen atoms in total. The van der Waals surface area contributed by atoms with Gasteiger partial charge in [0.2, 0.25) is 5.91 Å². The lowest BCUT2D eigenvalue weighted by molar-refractivity contribution is -0.115.